The van der Waals surface area contributed by atoms with Crippen LogP contribution in [0.3, 0.4) is 0 Å². The Bertz CT molecular complexity index is 1170. The van der Waals surface area contributed by atoms with Gasteiger partial charge in [0.1, 0.15) is 5.82 Å². The minimum atomic E-state index is -0.405. The fourth-order valence-corrected chi connectivity index (χ4v) is 4.38. The predicted octanol–water partition coefficient (Wildman–Crippen LogP) is 5.15. The van der Waals surface area contributed by atoms with E-state index in [0.717, 1.165) is 24.8 Å². The zero-order valence-corrected chi connectivity index (χ0v) is 18.4. The number of carbonyl (C=O) groups is 2. The van der Waals surface area contributed by atoms with Gasteiger partial charge in [-0.25, -0.2) is 4.39 Å². The van der Waals surface area contributed by atoms with Crippen molar-refractivity contribution < 1.29 is 16.8 Å². The Hall–Kier alpha value is -3.41. The summed E-state index contributed by atoms with van der Waals surface area (Å²) in [6.45, 7) is 2.60. The number of aromatic nitrogens is 1. The maximum atomic E-state index is 14.8. The molecule has 170 valence electrons. The lowest BCUT2D eigenvalue weighted by atomic mass is 10.0. The van der Waals surface area contributed by atoms with Crippen LogP contribution in [-0.2, 0) is 6.54 Å². The van der Waals surface area contributed by atoms with E-state index in [4.69, 9.17) is 0 Å². The van der Waals surface area contributed by atoms with E-state index in [1.807, 2.05) is 22.8 Å². The smallest absolute Gasteiger partial charge is 0.253 e. The van der Waals surface area contributed by atoms with Crippen LogP contribution in [0.1, 0.15) is 55.3 Å². The molecular weight excluding hydrogens is 405 g/mol. The zero-order chi connectivity index (χ0) is 22.7. The van der Waals surface area contributed by atoms with E-state index in [-0.39, 0.29) is 20.7 Å². The van der Waals surface area contributed by atoms with Gasteiger partial charge in [-0.2, -0.15) is 0 Å². The topological polar surface area (TPSA) is 63.1 Å². The molecule has 0 spiro atoms. The first-order valence-corrected chi connectivity index (χ1v) is 11.0. The summed E-state index contributed by atoms with van der Waals surface area (Å²) < 4.78 is 16.7. The Labute approximate surface area is 190 Å². The maximum absolute atomic E-state index is 14.8. The molecule has 2 N–H and O–H groups in total. The van der Waals surface area contributed by atoms with Crippen LogP contribution >= 0.6 is 0 Å². The molecule has 0 saturated carbocycles. The number of halogens is 1. The van der Waals surface area contributed by atoms with Crippen molar-refractivity contribution in [1.29, 1.82) is 0 Å². The molecule has 3 aromatic rings. The van der Waals surface area contributed by atoms with Crippen molar-refractivity contribution in [2.75, 3.05) is 7.05 Å². The van der Waals surface area contributed by atoms with Gasteiger partial charge in [-0.3, -0.25) is 9.59 Å². The van der Waals surface area contributed by atoms with E-state index in [0.29, 0.717) is 34.5 Å². The van der Waals surface area contributed by atoms with Gasteiger partial charge in [0.05, 0.1) is 11.1 Å². The van der Waals surface area contributed by atoms with Crippen molar-refractivity contribution in [2.24, 2.45) is 5.92 Å². The van der Waals surface area contributed by atoms with Gasteiger partial charge >= 0.3 is 0 Å². The number of carbonyl (C=O) groups excluding carboxylic acids is 2. The van der Waals surface area contributed by atoms with Crippen molar-refractivity contribution in [3.63, 3.8) is 0 Å². The summed E-state index contributed by atoms with van der Waals surface area (Å²) in [4.78, 5) is 24.9. The maximum Gasteiger partial charge on any atom is 0.253 e. The Morgan fingerprint density at radius 2 is 1.94 bits per heavy atom. The van der Waals surface area contributed by atoms with Crippen LogP contribution < -0.4 is 10.6 Å². The molecule has 0 aliphatic heterocycles. The van der Waals surface area contributed by atoms with Crippen LogP contribution in [0.2, 0.25) is 0 Å². The van der Waals surface area contributed by atoms with Crippen LogP contribution in [0, 0.1) is 11.7 Å². The minimum absolute atomic E-state index is 0. The number of benzene rings is 2. The van der Waals surface area contributed by atoms with Gasteiger partial charge in [0.15, 0.2) is 0 Å². The number of allylic oxidation sites excluding steroid dienone is 2. The molecule has 2 unspecified atom stereocenters. The molecular formula is C26H32FN3O2. The zero-order valence-electron chi connectivity index (χ0n) is 18.4. The molecule has 0 radical (unpaired) electrons. The predicted molar refractivity (Wildman–Crippen MR) is 128 cm³/mol. The monoisotopic (exact) mass is 437 g/mol. The molecule has 1 aliphatic rings. The number of hydrogen-bond donors (Lipinski definition) is 2. The number of amides is 2. The molecule has 1 heterocycles. The molecule has 2 aromatic carbocycles. The number of fused-ring (bicyclic) bond motifs is 1. The van der Waals surface area contributed by atoms with E-state index < -0.39 is 5.82 Å². The van der Waals surface area contributed by atoms with Gasteiger partial charge in [0.25, 0.3) is 11.8 Å². The molecule has 5 nitrogen and oxygen atoms in total. The summed E-state index contributed by atoms with van der Waals surface area (Å²) in [5, 5.41) is 6.07. The Morgan fingerprint density at radius 3 is 2.69 bits per heavy atom. The number of rotatable bonds is 5. The number of nitrogens with one attached hydrogen (secondary N) is 2. The summed E-state index contributed by atoms with van der Waals surface area (Å²) in [7, 11) is 1.59. The third kappa shape index (κ3) is 4.59. The minimum Gasteiger partial charge on any atom is -0.355 e. The quantitative estimate of drug-likeness (QED) is 0.542. The van der Waals surface area contributed by atoms with Gasteiger partial charge in [0, 0.05) is 39.6 Å². The van der Waals surface area contributed by atoms with Crippen LogP contribution in [-0.4, -0.2) is 29.5 Å². The van der Waals surface area contributed by atoms with Crippen LogP contribution in [0.15, 0.2) is 60.8 Å². The Morgan fingerprint density at radius 1 is 1.16 bits per heavy atom. The summed E-state index contributed by atoms with van der Waals surface area (Å²) in [6.07, 6.45) is 8.77. The van der Waals surface area contributed by atoms with Crippen LogP contribution in [0.5, 0.6) is 0 Å². The fourth-order valence-electron chi connectivity index (χ4n) is 4.38. The number of nitrogens with zero attached hydrogens (tertiary/aromatic N) is 1. The lowest BCUT2D eigenvalue weighted by Crippen LogP contribution is -2.35. The summed E-state index contributed by atoms with van der Waals surface area (Å²) in [6, 6.07) is 12.2. The Kier molecular flexibility index (Phi) is 6.40. The molecule has 0 fully saturated rings. The molecule has 6 heteroatoms. The molecule has 1 aromatic heterocycles. The second kappa shape index (κ2) is 9.39. The molecule has 2 amide bonds. The van der Waals surface area contributed by atoms with Gasteiger partial charge in [-0.15, -0.1) is 0 Å². The van der Waals surface area contributed by atoms with E-state index in [1.165, 1.54) is 6.07 Å². The first-order chi connectivity index (χ1) is 15.5. The lowest BCUT2D eigenvalue weighted by Gasteiger charge is -2.18. The van der Waals surface area contributed by atoms with Gasteiger partial charge in [-0.1, -0.05) is 37.3 Å². The second-order valence-electron chi connectivity index (χ2n) is 8.47. The third-order valence-electron chi connectivity index (χ3n) is 6.03. The standard InChI is InChI=1S/C26H28FN3O2.2H2/c1-17-6-3-4-7-20(14-17)29-26(32)21-16-30(23-9-5-8-22(27)24(21)23)15-18-10-12-19(13-11-18)25(31)28-2;;/h3,5-6,8-13,16-17,20H,4,7,14-15H2,1-2H3,(H,28,31)(H,29,32);2*1H. The van der Waals surface area contributed by atoms with Crippen molar-refractivity contribution >= 4 is 22.7 Å². The highest BCUT2D eigenvalue weighted by Gasteiger charge is 2.22. The Balaban J connectivity index is 0.00000204. The van der Waals surface area contributed by atoms with Crippen LogP contribution in [0.25, 0.3) is 10.9 Å². The van der Waals surface area contributed by atoms with Gasteiger partial charge in [-0.05, 0) is 55.0 Å². The van der Waals surface area contributed by atoms with Crippen molar-refractivity contribution in [3.8, 4) is 0 Å². The average molecular weight is 438 g/mol. The van der Waals surface area contributed by atoms with E-state index in [1.54, 1.807) is 31.4 Å². The summed E-state index contributed by atoms with van der Waals surface area (Å²) in [5.74, 6) is -0.393. The first kappa shape index (κ1) is 21.8. The van der Waals surface area contributed by atoms with Crippen molar-refractivity contribution in [3.05, 3.63) is 83.3 Å². The molecule has 0 saturated heterocycles. The molecule has 1 aliphatic carbocycles. The van der Waals surface area contributed by atoms with E-state index in [9.17, 15) is 14.0 Å². The molecule has 2 atom stereocenters. The highest BCUT2D eigenvalue weighted by molar-refractivity contribution is 6.07. The van der Waals surface area contributed by atoms with E-state index >= 15 is 0 Å². The highest BCUT2D eigenvalue weighted by Crippen LogP contribution is 2.26. The third-order valence-corrected chi connectivity index (χ3v) is 6.03. The summed E-state index contributed by atoms with van der Waals surface area (Å²) >= 11 is 0. The second-order valence-corrected chi connectivity index (χ2v) is 8.47. The van der Waals surface area contributed by atoms with Gasteiger partial charge < -0.3 is 15.2 Å². The highest BCUT2D eigenvalue weighted by atomic mass is 19.1. The average Bonchev–Trinajstić information content (AvgIpc) is 3.03. The largest absolute Gasteiger partial charge is 0.355 e. The van der Waals surface area contributed by atoms with Crippen LogP contribution in [0.4, 0.5) is 4.39 Å². The SMILES string of the molecule is CNC(=O)c1ccc(Cn2cc(C(=O)NC3CCC=CC(C)C3)c3c(F)cccc32)cc1.[HH].[HH]. The normalized spacial score (nSPS) is 18.3. The summed E-state index contributed by atoms with van der Waals surface area (Å²) in [5.41, 5.74) is 2.55. The first-order valence-electron chi connectivity index (χ1n) is 11.0. The fraction of sp³-hybridized carbons (Fsp3) is 0.308. The van der Waals surface area contributed by atoms with E-state index in [2.05, 4.69) is 29.7 Å². The van der Waals surface area contributed by atoms with Crippen molar-refractivity contribution in [2.45, 2.75) is 38.8 Å². The molecule has 4 rings (SSSR count). The molecule has 32 heavy (non-hydrogen) atoms. The lowest BCUT2D eigenvalue weighted by molar-refractivity contribution is 0.0930. The van der Waals surface area contributed by atoms with Crippen molar-refractivity contribution in [1.82, 2.24) is 15.2 Å². The number of hydrogen-bond acceptors (Lipinski definition) is 2. The van der Waals surface area contributed by atoms with Gasteiger partial charge in [0.2, 0.25) is 0 Å². The molecule has 0 bridgehead atoms.